The SMILES string of the molecule is CS(=O)(=O)Nc1ccc(CNC(=S)CCc2ccc(C(F)(F)F)cc2)cc1F. The summed E-state index contributed by atoms with van der Waals surface area (Å²) < 4.78 is 75.9. The summed E-state index contributed by atoms with van der Waals surface area (Å²) in [4.78, 5) is 0.485. The largest absolute Gasteiger partial charge is 0.416 e. The van der Waals surface area contributed by atoms with Crippen LogP contribution in [0.1, 0.15) is 23.1 Å². The van der Waals surface area contributed by atoms with Gasteiger partial charge in [0.15, 0.2) is 0 Å². The van der Waals surface area contributed by atoms with Gasteiger partial charge in [-0.2, -0.15) is 13.2 Å². The first-order chi connectivity index (χ1) is 12.9. The highest BCUT2D eigenvalue weighted by Gasteiger charge is 2.29. The van der Waals surface area contributed by atoms with Crippen molar-refractivity contribution in [2.75, 3.05) is 11.0 Å². The third kappa shape index (κ3) is 7.08. The average molecular weight is 434 g/mol. The van der Waals surface area contributed by atoms with Gasteiger partial charge in [0.25, 0.3) is 0 Å². The summed E-state index contributed by atoms with van der Waals surface area (Å²) in [6, 6.07) is 8.95. The Balaban J connectivity index is 1.85. The number of sulfonamides is 1. The average Bonchev–Trinajstić information content (AvgIpc) is 2.59. The van der Waals surface area contributed by atoms with E-state index < -0.39 is 27.6 Å². The second-order valence-corrected chi connectivity index (χ2v) is 8.40. The van der Waals surface area contributed by atoms with E-state index in [9.17, 15) is 26.0 Å². The van der Waals surface area contributed by atoms with Gasteiger partial charge in [0.1, 0.15) is 5.82 Å². The summed E-state index contributed by atoms with van der Waals surface area (Å²) in [7, 11) is -3.57. The van der Waals surface area contributed by atoms with Crippen molar-refractivity contribution in [3.8, 4) is 0 Å². The van der Waals surface area contributed by atoms with Crippen LogP contribution >= 0.6 is 12.2 Å². The van der Waals surface area contributed by atoms with Crippen molar-refractivity contribution in [1.82, 2.24) is 5.32 Å². The number of hydrogen-bond donors (Lipinski definition) is 2. The monoisotopic (exact) mass is 434 g/mol. The number of aryl methyl sites for hydroxylation is 1. The minimum atomic E-state index is -4.36. The molecule has 2 aromatic carbocycles. The molecule has 0 aliphatic rings. The molecule has 0 saturated carbocycles. The fraction of sp³-hybridized carbons (Fsp3) is 0.278. The van der Waals surface area contributed by atoms with Crippen molar-refractivity contribution in [2.45, 2.75) is 25.6 Å². The highest BCUT2D eigenvalue weighted by molar-refractivity contribution is 7.92. The Morgan fingerprint density at radius 3 is 2.21 bits per heavy atom. The predicted octanol–water partition coefficient (Wildman–Crippen LogP) is 4.27. The summed E-state index contributed by atoms with van der Waals surface area (Å²) in [6.07, 6.45) is -2.54. The first kappa shape index (κ1) is 22.1. The van der Waals surface area contributed by atoms with E-state index in [0.29, 0.717) is 23.4 Å². The summed E-state index contributed by atoms with van der Waals surface area (Å²) in [5.74, 6) is -0.708. The van der Waals surface area contributed by atoms with Crippen LogP contribution in [-0.4, -0.2) is 19.7 Å². The lowest BCUT2D eigenvalue weighted by atomic mass is 10.1. The Morgan fingerprint density at radius 2 is 1.68 bits per heavy atom. The molecule has 0 spiro atoms. The van der Waals surface area contributed by atoms with E-state index in [1.54, 1.807) is 6.07 Å². The van der Waals surface area contributed by atoms with Gasteiger partial charge < -0.3 is 5.32 Å². The highest BCUT2D eigenvalue weighted by Crippen LogP contribution is 2.29. The molecule has 0 radical (unpaired) electrons. The second-order valence-electron chi connectivity index (χ2n) is 6.16. The number of nitrogens with one attached hydrogen (secondary N) is 2. The quantitative estimate of drug-likeness (QED) is 0.505. The first-order valence-electron chi connectivity index (χ1n) is 8.13. The molecular weight excluding hydrogens is 416 g/mol. The Kier molecular flexibility index (Phi) is 7.00. The Bertz CT molecular complexity index is 943. The van der Waals surface area contributed by atoms with Crippen LogP contribution in [0, 0.1) is 5.82 Å². The van der Waals surface area contributed by atoms with Gasteiger partial charge in [0.05, 0.1) is 22.5 Å². The van der Waals surface area contributed by atoms with E-state index in [0.717, 1.165) is 24.0 Å². The minimum Gasteiger partial charge on any atom is -0.376 e. The van der Waals surface area contributed by atoms with E-state index in [-0.39, 0.29) is 12.2 Å². The maximum Gasteiger partial charge on any atom is 0.416 e. The Labute approximate surface area is 166 Å². The van der Waals surface area contributed by atoms with Gasteiger partial charge in [0.2, 0.25) is 10.0 Å². The van der Waals surface area contributed by atoms with Crippen LogP contribution in [0.5, 0.6) is 0 Å². The van der Waals surface area contributed by atoms with Crippen LogP contribution in [0.4, 0.5) is 23.2 Å². The molecule has 0 aliphatic heterocycles. The second kappa shape index (κ2) is 8.87. The van der Waals surface area contributed by atoms with E-state index >= 15 is 0 Å². The Hall–Kier alpha value is -2.20. The molecular formula is C18H18F4N2O2S2. The van der Waals surface area contributed by atoms with Crippen molar-refractivity contribution in [3.63, 3.8) is 0 Å². The van der Waals surface area contributed by atoms with E-state index in [1.807, 2.05) is 0 Å². The molecule has 2 rings (SSSR count). The fourth-order valence-electron chi connectivity index (χ4n) is 2.36. The van der Waals surface area contributed by atoms with Crippen LogP contribution in [-0.2, 0) is 29.2 Å². The van der Waals surface area contributed by atoms with Crippen molar-refractivity contribution < 1.29 is 26.0 Å². The van der Waals surface area contributed by atoms with Gasteiger partial charge in [-0.25, -0.2) is 12.8 Å². The maximum atomic E-state index is 13.9. The van der Waals surface area contributed by atoms with Gasteiger partial charge in [-0.15, -0.1) is 0 Å². The lowest BCUT2D eigenvalue weighted by Gasteiger charge is -2.11. The molecule has 0 atom stereocenters. The fourth-order valence-corrected chi connectivity index (χ4v) is 3.10. The number of anilines is 1. The van der Waals surface area contributed by atoms with Gasteiger partial charge >= 0.3 is 6.18 Å². The number of rotatable bonds is 7. The molecule has 0 bridgehead atoms. The first-order valence-corrected chi connectivity index (χ1v) is 10.4. The summed E-state index contributed by atoms with van der Waals surface area (Å²) in [6.45, 7) is 0.238. The summed E-state index contributed by atoms with van der Waals surface area (Å²) >= 11 is 5.19. The number of thiocarbonyl (C=S) groups is 1. The summed E-state index contributed by atoms with van der Waals surface area (Å²) in [5.41, 5.74) is 0.441. The molecule has 0 unspecified atom stereocenters. The standard InChI is InChI=1S/C18H18F4N2O2S2/c1-28(25,26)24-16-8-4-13(10-15(16)19)11-23-17(27)9-5-12-2-6-14(7-3-12)18(20,21)22/h2-4,6-8,10,24H,5,9,11H2,1H3,(H,23,27). The van der Waals surface area contributed by atoms with Crippen LogP contribution in [0.2, 0.25) is 0 Å². The van der Waals surface area contributed by atoms with E-state index in [1.165, 1.54) is 24.3 Å². The molecule has 0 heterocycles. The molecule has 2 N–H and O–H groups in total. The molecule has 4 nitrogen and oxygen atoms in total. The molecule has 152 valence electrons. The topological polar surface area (TPSA) is 58.2 Å². The van der Waals surface area contributed by atoms with Crippen LogP contribution < -0.4 is 10.0 Å². The molecule has 2 aromatic rings. The molecule has 0 aromatic heterocycles. The Morgan fingerprint density at radius 1 is 1.07 bits per heavy atom. The van der Waals surface area contributed by atoms with Crippen molar-refractivity contribution >= 4 is 32.9 Å². The van der Waals surface area contributed by atoms with Gasteiger partial charge in [0, 0.05) is 13.0 Å². The third-order valence-electron chi connectivity index (χ3n) is 3.74. The van der Waals surface area contributed by atoms with Crippen molar-refractivity contribution in [1.29, 1.82) is 0 Å². The number of alkyl halides is 3. The van der Waals surface area contributed by atoms with Gasteiger partial charge in [-0.1, -0.05) is 30.4 Å². The molecule has 0 amide bonds. The lowest BCUT2D eigenvalue weighted by Crippen LogP contribution is -2.21. The number of hydrogen-bond acceptors (Lipinski definition) is 3. The zero-order chi connectivity index (χ0) is 20.9. The zero-order valence-corrected chi connectivity index (χ0v) is 16.4. The van der Waals surface area contributed by atoms with Crippen molar-refractivity contribution in [2.24, 2.45) is 0 Å². The van der Waals surface area contributed by atoms with E-state index in [2.05, 4.69) is 10.0 Å². The smallest absolute Gasteiger partial charge is 0.376 e. The van der Waals surface area contributed by atoms with Gasteiger partial charge in [-0.3, -0.25) is 4.72 Å². The lowest BCUT2D eigenvalue weighted by molar-refractivity contribution is -0.137. The predicted molar refractivity (Wildman–Crippen MR) is 104 cm³/mol. The van der Waals surface area contributed by atoms with Crippen LogP contribution in [0.15, 0.2) is 42.5 Å². The summed E-state index contributed by atoms with van der Waals surface area (Å²) in [5, 5.41) is 2.95. The highest BCUT2D eigenvalue weighted by atomic mass is 32.2. The normalized spacial score (nSPS) is 11.9. The molecule has 0 aliphatic carbocycles. The van der Waals surface area contributed by atoms with Gasteiger partial charge in [-0.05, 0) is 41.8 Å². The van der Waals surface area contributed by atoms with E-state index in [4.69, 9.17) is 12.2 Å². The third-order valence-corrected chi connectivity index (χ3v) is 4.68. The number of halogens is 4. The minimum absolute atomic E-state index is 0.142. The molecule has 0 fully saturated rings. The number of benzene rings is 2. The molecule has 28 heavy (non-hydrogen) atoms. The molecule has 0 saturated heterocycles. The van der Waals surface area contributed by atoms with Crippen molar-refractivity contribution in [3.05, 3.63) is 65.0 Å². The van der Waals surface area contributed by atoms with Crippen LogP contribution in [0.25, 0.3) is 0 Å². The molecule has 10 heteroatoms. The van der Waals surface area contributed by atoms with Crippen LogP contribution in [0.3, 0.4) is 0 Å². The maximum absolute atomic E-state index is 13.9. The zero-order valence-electron chi connectivity index (χ0n) is 14.8.